The van der Waals surface area contributed by atoms with Crippen LogP contribution in [0.15, 0.2) is 24.3 Å². The molecule has 8 nitrogen and oxygen atoms in total. The van der Waals surface area contributed by atoms with Crippen LogP contribution in [0, 0.1) is 17.8 Å². The number of nitrogens with zero attached hydrogens (tertiary/aromatic N) is 2. The molecule has 1 spiro atoms. The molecule has 1 aromatic rings. The van der Waals surface area contributed by atoms with E-state index in [0.29, 0.717) is 12.1 Å². The average molecular weight is 517 g/mol. The molecule has 0 radical (unpaired) electrons. The third kappa shape index (κ3) is 4.18. The molecule has 1 aromatic carbocycles. The number of amides is 3. The summed E-state index contributed by atoms with van der Waals surface area (Å²) in [6.07, 6.45) is 2.28. The molecule has 0 aromatic heterocycles. The Labute approximate surface area is 218 Å². The molecule has 3 amide bonds. The molecular formula is C27H40N4O4S. The zero-order chi connectivity index (χ0) is 26.2. The summed E-state index contributed by atoms with van der Waals surface area (Å²) in [6.45, 7) is 9.81. The molecule has 3 N–H and O–H groups in total. The van der Waals surface area contributed by atoms with Crippen molar-refractivity contribution in [1.82, 2.24) is 10.2 Å². The number of benzene rings is 1. The highest BCUT2D eigenvalue weighted by atomic mass is 32.2. The molecule has 7 atom stereocenters. The van der Waals surface area contributed by atoms with Gasteiger partial charge in [0, 0.05) is 36.8 Å². The van der Waals surface area contributed by atoms with Crippen molar-refractivity contribution in [3.63, 3.8) is 0 Å². The third-order valence-corrected chi connectivity index (χ3v) is 10.6. The first-order valence-electron chi connectivity index (χ1n) is 13.3. The van der Waals surface area contributed by atoms with Gasteiger partial charge in [0.25, 0.3) is 0 Å². The number of aliphatic hydroxyl groups is 1. The van der Waals surface area contributed by atoms with Gasteiger partial charge in [-0.15, -0.1) is 11.8 Å². The molecular weight excluding hydrogens is 476 g/mol. The fourth-order valence-electron chi connectivity index (χ4n) is 6.58. The summed E-state index contributed by atoms with van der Waals surface area (Å²) in [5, 5.41) is 16.2. The summed E-state index contributed by atoms with van der Waals surface area (Å²) in [5.74, 6) is -1.54. The van der Waals surface area contributed by atoms with Crippen molar-refractivity contribution >= 4 is 40.9 Å². The second-order valence-corrected chi connectivity index (χ2v) is 11.9. The van der Waals surface area contributed by atoms with Gasteiger partial charge in [-0.25, -0.2) is 0 Å². The highest BCUT2D eigenvalue weighted by molar-refractivity contribution is 8.02. The quantitative estimate of drug-likeness (QED) is 0.442. The summed E-state index contributed by atoms with van der Waals surface area (Å²) < 4.78 is -0.662. The average Bonchev–Trinajstić information content (AvgIpc) is 3.53. The number of fused-ring (bicyclic) bond motifs is 1. The molecule has 2 bridgehead atoms. The number of aliphatic hydroxyl groups excluding tert-OH is 1. The largest absolute Gasteiger partial charge is 0.394 e. The van der Waals surface area contributed by atoms with Crippen molar-refractivity contribution in [2.24, 2.45) is 17.8 Å². The van der Waals surface area contributed by atoms with Crippen LogP contribution in [-0.2, 0) is 14.4 Å². The minimum Gasteiger partial charge on any atom is -0.394 e. The number of hydrogen-bond acceptors (Lipinski definition) is 6. The molecule has 9 heteroatoms. The molecule has 3 aliphatic heterocycles. The predicted molar refractivity (Wildman–Crippen MR) is 144 cm³/mol. The van der Waals surface area contributed by atoms with Crippen LogP contribution in [0.1, 0.15) is 47.0 Å². The van der Waals surface area contributed by atoms with E-state index in [1.54, 1.807) is 23.7 Å². The number of rotatable bonds is 10. The Morgan fingerprint density at radius 2 is 1.86 bits per heavy atom. The van der Waals surface area contributed by atoms with Crippen molar-refractivity contribution in [1.29, 1.82) is 0 Å². The van der Waals surface area contributed by atoms with Gasteiger partial charge in [0.05, 0.1) is 29.2 Å². The van der Waals surface area contributed by atoms with Gasteiger partial charge in [0.15, 0.2) is 0 Å². The molecule has 3 fully saturated rings. The first kappa shape index (κ1) is 26.8. The lowest BCUT2D eigenvalue weighted by Crippen LogP contribution is -2.56. The van der Waals surface area contributed by atoms with Gasteiger partial charge >= 0.3 is 0 Å². The van der Waals surface area contributed by atoms with E-state index in [1.807, 2.05) is 38.1 Å². The van der Waals surface area contributed by atoms with Crippen LogP contribution in [0.4, 0.5) is 11.4 Å². The Morgan fingerprint density at radius 3 is 2.42 bits per heavy atom. The summed E-state index contributed by atoms with van der Waals surface area (Å²) in [4.78, 5) is 44.8. The van der Waals surface area contributed by atoms with E-state index >= 15 is 0 Å². The van der Waals surface area contributed by atoms with Gasteiger partial charge in [-0.1, -0.05) is 20.3 Å². The first-order valence-corrected chi connectivity index (χ1v) is 14.1. The number of carbonyl (C=O) groups excluding carboxylic acids is 3. The van der Waals surface area contributed by atoms with Crippen molar-refractivity contribution in [3.8, 4) is 0 Å². The van der Waals surface area contributed by atoms with Gasteiger partial charge in [-0.05, 0) is 56.9 Å². The number of hydrogen-bond donors (Lipinski definition) is 3. The number of carbonyl (C=O) groups is 3. The maximum Gasteiger partial charge on any atom is 0.248 e. The van der Waals surface area contributed by atoms with Gasteiger partial charge in [0.1, 0.15) is 6.04 Å². The van der Waals surface area contributed by atoms with E-state index in [9.17, 15) is 19.5 Å². The maximum absolute atomic E-state index is 14.0. The molecule has 0 aliphatic carbocycles. The van der Waals surface area contributed by atoms with Crippen LogP contribution >= 0.6 is 11.8 Å². The molecule has 36 heavy (non-hydrogen) atoms. The van der Waals surface area contributed by atoms with Crippen molar-refractivity contribution < 1.29 is 19.5 Å². The Morgan fingerprint density at radius 1 is 1.19 bits per heavy atom. The van der Waals surface area contributed by atoms with Gasteiger partial charge < -0.3 is 25.5 Å². The van der Waals surface area contributed by atoms with Crippen LogP contribution in [0.25, 0.3) is 0 Å². The van der Waals surface area contributed by atoms with Crippen molar-refractivity contribution in [3.05, 3.63) is 24.3 Å². The lowest BCUT2D eigenvalue weighted by Gasteiger charge is -2.39. The zero-order valence-electron chi connectivity index (χ0n) is 22.0. The standard InChI is InChI=1S/C27H40N4O4S/c1-6-16(4)19(15-32)31-23(25(34)29-17-9-11-18(12-10-17)30(7-2)8-3)27-14-13-20(36-27)21(24(33)28-5)22(27)26(31)35/h9-12,16,19-23,32H,6-8,13-15H2,1-5H3,(H,28,33)(H,29,34)/t16-,19-,20-,21+,22-,23?,27?/m0/s1. The smallest absolute Gasteiger partial charge is 0.248 e. The van der Waals surface area contributed by atoms with Crippen molar-refractivity contribution in [2.45, 2.75) is 69.0 Å². The minimum absolute atomic E-state index is 0.0125. The fraction of sp³-hybridized carbons (Fsp3) is 0.667. The van der Waals surface area contributed by atoms with Gasteiger partial charge in [-0.2, -0.15) is 0 Å². The number of nitrogens with one attached hydrogen (secondary N) is 2. The summed E-state index contributed by atoms with van der Waals surface area (Å²) in [7, 11) is 1.60. The van der Waals surface area contributed by atoms with E-state index in [0.717, 1.165) is 31.6 Å². The Bertz CT molecular complexity index is 984. The predicted octanol–water partition coefficient (Wildman–Crippen LogP) is 2.72. The van der Waals surface area contributed by atoms with Crippen LogP contribution < -0.4 is 15.5 Å². The number of thioether (sulfide) groups is 1. The van der Waals surface area contributed by atoms with E-state index in [-0.39, 0.29) is 35.5 Å². The van der Waals surface area contributed by atoms with Crippen LogP contribution in [0.2, 0.25) is 0 Å². The molecule has 198 valence electrons. The third-order valence-electron chi connectivity index (χ3n) is 8.64. The minimum atomic E-state index is -0.742. The van der Waals surface area contributed by atoms with Gasteiger partial charge in [-0.3, -0.25) is 14.4 Å². The monoisotopic (exact) mass is 516 g/mol. The lowest BCUT2D eigenvalue weighted by atomic mass is 9.70. The number of likely N-dealkylation sites (tertiary alicyclic amines) is 1. The fourth-order valence-corrected chi connectivity index (χ4v) is 8.79. The maximum atomic E-state index is 14.0. The summed E-state index contributed by atoms with van der Waals surface area (Å²) in [6, 6.07) is 6.56. The van der Waals surface area contributed by atoms with E-state index in [1.165, 1.54) is 0 Å². The molecule has 3 saturated heterocycles. The Hall–Kier alpha value is -2.26. The van der Waals surface area contributed by atoms with Crippen LogP contribution in [0.3, 0.4) is 0 Å². The lowest BCUT2D eigenvalue weighted by molar-refractivity contribution is -0.143. The second kappa shape index (κ2) is 10.6. The van der Waals surface area contributed by atoms with E-state index in [2.05, 4.69) is 29.4 Å². The first-order chi connectivity index (χ1) is 17.3. The summed E-state index contributed by atoms with van der Waals surface area (Å²) in [5.41, 5.74) is 1.76. The van der Waals surface area contributed by atoms with Crippen molar-refractivity contribution in [2.75, 3.05) is 37.0 Å². The molecule has 4 rings (SSSR count). The highest BCUT2D eigenvalue weighted by Gasteiger charge is 2.74. The van der Waals surface area contributed by atoms with Gasteiger partial charge in [0.2, 0.25) is 17.7 Å². The topological polar surface area (TPSA) is 102 Å². The molecule has 2 unspecified atom stereocenters. The molecule has 0 saturated carbocycles. The molecule has 3 aliphatic rings. The zero-order valence-corrected chi connectivity index (χ0v) is 22.8. The Balaban J connectivity index is 1.69. The SMILES string of the molecule is CC[C@H](C)[C@H](CO)N1C(=O)[C@@H]2[C@H](C(=O)NC)[C@@H]3CCC2(S3)C1C(=O)Nc1ccc(N(CC)CC)cc1. The summed E-state index contributed by atoms with van der Waals surface area (Å²) >= 11 is 1.64. The highest BCUT2D eigenvalue weighted by Crippen LogP contribution is 2.66. The second-order valence-electron chi connectivity index (χ2n) is 10.3. The Kier molecular flexibility index (Phi) is 7.90. The van der Waals surface area contributed by atoms with E-state index < -0.39 is 28.7 Å². The van der Waals surface area contributed by atoms with Crippen LogP contribution in [-0.4, -0.2) is 76.6 Å². The van der Waals surface area contributed by atoms with E-state index in [4.69, 9.17) is 0 Å². The molecule has 3 heterocycles. The van der Waals surface area contributed by atoms with Crippen LogP contribution in [0.5, 0.6) is 0 Å². The number of anilines is 2. The normalized spacial score (nSPS) is 30.2.